The van der Waals surface area contributed by atoms with E-state index in [1.54, 1.807) is 0 Å². The quantitative estimate of drug-likeness (QED) is 0.799. The smallest absolute Gasteiger partial charge is 0.234 e. The Kier molecular flexibility index (Phi) is 7.22. The SMILES string of the molecule is O=C(CN1CCOCC1)NC1CCN(CC2(c3ccccc3)CCCCC2)CC1. The number of nitrogens with one attached hydrogen (secondary N) is 1. The molecule has 1 aliphatic carbocycles. The van der Waals surface area contributed by atoms with Crippen LogP contribution in [0.2, 0.25) is 0 Å². The number of amides is 1. The van der Waals surface area contributed by atoms with E-state index in [4.69, 9.17) is 4.74 Å². The lowest BCUT2D eigenvalue weighted by molar-refractivity contribution is -0.124. The third-order valence-corrected chi connectivity index (χ3v) is 7.15. The Labute approximate surface area is 175 Å². The lowest BCUT2D eigenvalue weighted by Crippen LogP contribution is -2.51. The van der Waals surface area contributed by atoms with E-state index < -0.39 is 0 Å². The van der Waals surface area contributed by atoms with Gasteiger partial charge in [0.15, 0.2) is 0 Å². The molecular formula is C24H37N3O2. The van der Waals surface area contributed by atoms with Crippen LogP contribution in [0.1, 0.15) is 50.5 Å². The summed E-state index contributed by atoms with van der Waals surface area (Å²) in [6, 6.07) is 11.5. The summed E-state index contributed by atoms with van der Waals surface area (Å²) in [6.07, 6.45) is 8.84. The average molecular weight is 400 g/mol. The predicted octanol–water partition coefficient (Wildman–Crippen LogP) is 2.80. The highest BCUT2D eigenvalue weighted by atomic mass is 16.5. The van der Waals surface area contributed by atoms with Gasteiger partial charge in [-0.25, -0.2) is 0 Å². The van der Waals surface area contributed by atoms with Gasteiger partial charge in [-0.1, -0.05) is 49.6 Å². The van der Waals surface area contributed by atoms with Crippen LogP contribution in [0, 0.1) is 0 Å². The highest BCUT2D eigenvalue weighted by Gasteiger charge is 2.36. The topological polar surface area (TPSA) is 44.8 Å². The molecule has 0 aromatic heterocycles. The van der Waals surface area contributed by atoms with Gasteiger partial charge in [0, 0.05) is 44.2 Å². The summed E-state index contributed by atoms with van der Waals surface area (Å²) in [5.74, 6) is 0.179. The second kappa shape index (κ2) is 10.1. The Morgan fingerprint density at radius 3 is 2.34 bits per heavy atom. The van der Waals surface area contributed by atoms with Gasteiger partial charge in [0.1, 0.15) is 0 Å². The molecule has 1 saturated carbocycles. The van der Waals surface area contributed by atoms with Crippen molar-refractivity contribution in [3.63, 3.8) is 0 Å². The largest absolute Gasteiger partial charge is 0.379 e. The number of likely N-dealkylation sites (tertiary alicyclic amines) is 1. The van der Waals surface area contributed by atoms with E-state index in [0.717, 1.165) is 52.2 Å². The van der Waals surface area contributed by atoms with Crippen molar-refractivity contribution in [3.8, 4) is 0 Å². The molecule has 0 bridgehead atoms. The van der Waals surface area contributed by atoms with E-state index in [2.05, 4.69) is 45.4 Å². The molecule has 5 nitrogen and oxygen atoms in total. The van der Waals surface area contributed by atoms with Gasteiger partial charge in [0.2, 0.25) is 5.91 Å². The minimum absolute atomic E-state index is 0.179. The second-order valence-electron chi connectivity index (χ2n) is 9.21. The van der Waals surface area contributed by atoms with Crippen molar-refractivity contribution in [1.29, 1.82) is 0 Å². The molecule has 2 aliphatic heterocycles. The van der Waals surface area contributed by atoms with Crippen LogP contribution in [0.5, 0.6) is 0 Å². The first-order valence-corrected chi connectivity index (χ1v) is 11.6. The van der Waals surface area contributed by atoms with Gasteiger partial charge >= 0.3 is 0 Å². The molecule has 29 heavy (non-hydrogen) atoms. The van der Waals surface area contributed by atoms with Crippen molar-refractivity contribution < 1.29 is 9.53 Å². The lowest BCUT2D eigenvalue weighted by Gasteiger charge is -2.44. The first-order chi connectivity index (χ1) is 14.2. The van der Waals surface area contributed by atoms with Gasteiger partial charge in [0.05, 0.1) is 19.8 Å². The maximum atomic E-state index is 12.4. The minimum atomic E-state index is 0.179. The Balaban J connectivity index is 1.27. The summed E-state index contributed by atoms with van der Waals surface area (Å²) < 4.78 is 5.37. The van der Waals surface area contributed by atoms with E-state index in [1.165, 1.54) is 44.2 Å². The summed E-state index contributed by atoms with van der Waals surface area (Å²) >= 11 is 0. The van der Waals surface area contributed by atoms with Crippen LogP contribution in [0.4, 0.5) is 0 Å². The zero-order valence-corrected chi connectivity index (χ0v) is 17.8. The molecule has 1 aromatic rings. The molecule has 0 radical (unpaired) electrons. The third kappa shape index (κ3) is 5.59. The predicted molar refractivity (Wildman–Crippen MR) is 116 cm³/mol. The van der Waals surface area contributed by atoms with Crippen LogP contribution in [0.25, 0.3) is 0 Å². The number of carbonyl (C=O) groups is 1. The van der Waals surface area contributed by atoms with Crippen LogP contribution < -0.4 is 5.32 Å². The highest BCUT2D eigenvalue weighted by Crippen LogP contribution is 2.40. The Hall–Kier alpha value is -1.43. The summed E-state index contributed by atoms with van der Waals surface area (Å²) in [5, 5.41) is 3.28. The fourth-order valence-electron chi connectivity index (χ4n) is 5.46. The zero-order chi connectivity index (χ0) is 19.9. The van der Waals surface area contributed by atoms with E-state index >= 15 is 0 Å². The normalized spacial score (nSPS) is 24.3. The molecule has 2 saturated heterocycles. The second-order valence-corrected chi connectivity index (χ2v) is 9.21. The number of benzene rings is 1. The number of ether oxygens (including phenoxy) is 1. The number of carbonyl (C=O) groups excluding carboxylic acids is 1. The molecule has 160 valence electrons. The van der Waals surface area contributed by atoms with E-state index in [-0.39, 0.29) is 5.91 Å². The number of piperidine rings is 1. The summed E-state index contributed by atoms with van der Waals surface area (Å²) in [6.45, 7) is 7.10. The molecule has 5 heteroatoms. The van der Waals surface area contributed by atoms with E-state index in [1.807, 2.05) is 0 Å². The maximum Gasteiger partial charge on any atom is 0.234 e. The number of rotatable bonds is 6. The van der Waals surface area contributed by atoms with E-state index in [9.17, 15) is 4.79 Å². The minimum Gasteiger partial charge on any atom is -0.379 e. The molecule has 0 atom stereocenters. The fraction of sp³-hybridized carbons (Fsp3) is 0.708. The van der Waals surface area contributed by atoms with Crippen molar-refractivity contribution in [2.24, 2.45) is 0 Å². The van der Waals surface area contributed by atoms with Crippen LogP contribution in [-0.4, -0.2) is 74.2 Å². The van der Waals surface area contributed by atoms with Crippen LogP contribution in [0.15, 0.2) is 30.3 Å². The zero-order valence-electron chi connectivity index (χ0n) is 17.8. The average Bonchev–Trinajstić information content (AvgIpc) is 2.77. The molecule has 1 aromatic carbocycles. The van der Waals surface area contributed by atoms with Gasteiger partial charge in [-0.15, -0.1) is 0 Å². The molecule has 0 unspecified atom stereocenters. The Morgan fingerprint density at radius 2 is 1.66 bits per heavy atom. The Bertz CT molecular complexity index is 631. The van der Waals surface area contributed by atoms with Crippen molar-refractivity contribution in [2.45, 2.75) is 56.4 Å². The maximum absolute atomic E-state index is 12.4. The molecule has 4 rings (SSSR count). The van der Waals surface area contributed by atoms with Crippen molar-refractivity contribution in [1.82, 2.24) is 15.1 Å². The van der Waals surface area contributed by atoms with Crippen molar-refractivity contribution in [2.75, 3.05) is 52.5 Å². The molecular weight excluding hydrogens is 362 g/mol. The van der Waals surface area contributed by atoms with Gasteiger partial charge in [-0.2, -0.15) is 0 Å². The summed E-state index contributed by atoms with van der Waals surface area (Å²) in [4.78, 5) is 17.3. The number of nitrogens with zero attached hydrogens (tertiary/aromatic N) is 2. The first-order valence-electron chi connectivity index (χ1n) is 11.6. The van der Waals surface area contributed by atoms with Crippen LogP contribution >= 0.6 is 0 Å². The number of hydrogen-bond donors (Lipinski definition) is 1. The molecule has 3 aliphatic rings. The molecule has 0 spiro atoms. The van der Waals surface area contributed by atoms with E-state index in [0.29, 0.717) is 18.0 Å². The molecule has 1 amide bonds. The Morgan fingerprint density at radius 1 is 0.966 bits per heavy atom. The van der Waals surface area contributed by atoms with Gasteiger partial charge in [-0.05, 0) is 31.2 Å². The standard InChI is InChI=1S/C24H37N3O2/c28-23(19-26-15-17-29-18-16-26)25-22-9-13-27(14-10-22)20-24(11-5-2-6-12-24)21-7-3-1-4-8-21/h1,3-4,7-8,22H,2,5-6,9-20H2,(H,25,28). The molecule has 2 heterocycles. The van der Waals surface area contributed by atoms with Crippen LogP contribution in [0.3, 0.4) is 0 Å². The fourth-order valence-corrected chi connectivity index (χ4v) is 5.46. The van der Waals surface area contributed by atoms with Crippen molar-refractivity contribution >= 4 is 5.91 Å². The van der Waals surface area contributed by atoms with Crippen LogP contribution in [-0.2, 0) is 14.9 Å². The highest BCUT2D eigenvalue weighted by molar-refractivity contribution is 5.78. The summed E-state index contributed by atoms with van der Waals surface area (Å²) in [5.41, 5.74) is 1.85. The first kappa shape index (κ1) is 20.8. The van der Waals surface area contributed by atoms with Gasteiger partial charge in [-0.3, -0.25) is 9.69 Å². The molecule has 3 fully saturated rings. The van der Waals surface area contributed by atoms with Gasteiger partial charge in [0.25, 0.3) is 0 Å². The monoisotopic (exact) mass is 399 g/mol. The lowest BCUT2D eigenvalue weighted by atomic mass is 9.69. The van der Waals surface area contributed by atoms with Crippen molar-refractivity contribution in [3.05, 3.63) is 35.9 Å². The van der Waals surface area contributed by atoms with Gasteiger partial charge < -0.3 is 15.0 Å². The number of morpholine rings is 1. The number of hydrogen-bond acceptors (Lipinski definition) is 4. The third-order valence-electron chi connectivity index (χ3n) is 7.15. The summed E-state index contributed by atoms with van der Waals surface area (Å²) in [7, 11) is 0. The molecule has 1 N–H and O–H groups in total.